The Morgan fingerprint density at radius 3 is 2.85 bits per heavy atom. The minimum absolute atomic E-state index is 0.0251. The second kappa shape index (κ2) is 9.52. The maximum Gasteiger partial charge on any atom is 0.129 e. The van der Waals surface area contributed by atoms with Gasteiger partial charge in [0.05, 0.1) is 13.2 Å². The molecule has 1 aromatic carbocycles. The lowest BCUT2D eigenvalue weighted by Crippen LogP contribution is -2.06. The van der Waals surface area contributed by atoms with E-state index in [1.165, 1.54) is 6.07 Å². The minimum Gasteiger partial charge on any atom is -0.395 e. The van der Waals surface area contributed by atoms with Gasteiger partial charge < -0.3 is 9.84 Å². The number of hydrogen-bond donors (Lipinski definition) is 1. The molecule has 0 fully saturated rings. The quantitative estimate of drug-likeness (QED) is 0.773. The zero-order chi connectivity index (χ0) is 14.8. The summed E-state index contributed by atoms with van der Waals surface area (Å²) in [6, 6.07) is 4.91. The van der Waals surface area contributed by atoms with Crippen molar-refractivity contribution in [3.05, 3.63) is 35.1 Å². The molecule has 20 heavy (non-hydrogen) atoms. The van der Waals surface area contributed by atoms with Crippen molar-refractivity contribution in [1.29, 1.82) is 0 Å². The number of ether oxygens (including phenoxy) is 1. The summed E-state index contributed by atoms with van der Waals surface area (Å²) in [4.78, 5) is 0. The molecule has 1 aromatic rings. The highest BCUT2D eigenvalue weighted by atomic mass is 19.1. The van der Waals surface area contributed by atoms with Crippen LogP contribution in [0.25, 0.3) is 0 Å². The second-order valence-electron chi connectivity index (χ2n) is 4.99. The van der Waals surface area contributed by atoms with E-state index in [9.17, 15) is 4.39 Å². The summed E-state index contributed by atoms with van der Waals surface area (Å²) >= 11 is 0. The molecule has 0 spiro atoms. The van der Waals surface area contributed by atoms with Crippen LogP contribution in [-0.2, 0) is 11.3 Å². The van der Waals surface area contributed by atoms with Crippen LogP contribution in [0.15, 0.2) is 18.2 Å². The number of aliphatic hydroxyl groups is 1. The fourth-order valence-electron chi connectivity index (χ4n) is 1.91. The summed E-state index contributed by atoms with van der Waals surface area (Å²) in [5, 5.41) is 8.63. The largest absolute Gasteiger partial charge is 0.395 e. The van der Waals surface area contributed by atoms with Crippen LogP contribution in [0, 0.1) is 23.6 Å². The van der Waals surface area contributed by atoms with Crippen LogP contribution < -0.4 is 0 Å². The first-order chi connectivity index (χ1) is 9.67. The van der Waals surface area contributed by atoms with Gasteiger partial charge in [0.2, 0.25) is 0 Å². The van der Waals surface area contributed by atoms with Gasteiger partial charge in [-0.3, -0.25) is 0 Å². The van der Waals surface area contributed by atoms with E-state index < -0.39 is 0 Å². The van der Waals surface area contributed by atoms with Crippen molar-refractivity contribution in [2.45, 2.75) is 39.7 Å². The Kier molecular flexibility index (Phi) is 7.94. The third-order valence-corrected chi connectivity index (χ3v) is 2.96. The molecule has 1 unspecified atom stereocenters. The number of aliphatic hydroxyl groups excluding tert-OH is 1. The molecule has 0 bridgehead atoms. The summed E-state index contributed by atoms with van der Waals surface area (Å²) < 4.78 is 19.4. The number of rotatable bonds is 7. The molecular formula is C17H23FO2. The average molecular weight is 278 g/mol. The fourth-order valence-corrected chi connectivity index (χ4v) is 1.91. The molecule has 3 heteroatoms. The molecule has 1 atom stereocenters. The van der Waals surface area contributed by atoms with E-state index in [0.29, 0.717) is 36.7 Å². The van der Waals surface area contributed by atoms with E-state index in [4.69, 9.17) is 9.84 Å². The van der Waals surface area contributed by atoms with Crippen LogP contribution in [0.2, 0.25) is 0 Å². The Morgan fingerprint density at radius 2 is 2.20 bits per heavy atom. The summed E-state index contributed by atoms with van der Waals surface area (Å²) in [5.74, 6) is 5.80. The van der Waals surface area contributed by atoms with E-state index in [0.717, 1.165) is 12.8 Å². The van der Waals surface area contributed by atoms with E-state index in [1.54, 1.807) is 12.1 Å². The summed E-state index contributed by atoms with van der Waals surface area (Å²) in [7, 11) is 0. The predicted molar refractivity (Wildman–Crippen MR) is 78.7 cm³/mol. The Labute approximate surface area is 121 Å². The summed E-state index contributed by atoms with van der Waals surface area (Å²) in [6.45, 7) is 5.26. The van der Waals surface area contributed by atoms with Gasteiger partial charge in [0, 0.05) is 24.2 Å². The molecule has 0 saturated heterocycles. The van der Waals surface area contributed by atoms with Gasteiger partial charge in [-0.15, -0.1) is 0 Å². The first-order valence-electron chi connectivity index (χ1n) is 7.13. The zero-order valence-electron chi connectivity index (χ0n) is 12.3. The number of benzene rings is 1. The molecule has 1 N–H and O–H groups in total. The van der Waals surface area contributed by atoms with Crippen molar-refractivity contribution in [1.82, 2.24) is 0 Å². The molecular weight excluding hydrogens is 255 g/mol. The lowest BCUT2D eigenvalue weighted by molar-refractivity contribution is 0.0874. The van der Waals surface area contributed by atoms with Gasteiger partial charge in [0.1, 0.15) is 5.82 Å². The summed E-state index contributed by atoms with van der Waals surface area (Å²) in [5.41, 5.74) is 1.18. The standard InChI is InChI=1S/C17H23FO2/c1-3-6-14(2)12-20-13-16-9-8-15(11-17(16)18)7-4-5-10-19/h8-9,11,14,19H,3,5-6,10,12-13H2,1-2H3. The SMILES string of the molecule is CCCC(C)COCc1ccc(C#CCCO)cc1F. The number of hydrogen-bond acceptors (Lipinski definition) is 2. The lowest BCUT2D eigenvalue weighted by Gasteiger charge is -2.11. The first kappa shape index (κ1) is 16.7. The van der Waals surface area contributed by atoms with Crippen LogP contribution in [0.1, 0.15) is 44.2 Å². The molecule has 0 aromatic heterocycles. The van der Waals surface area contributed by atoms with Crippen LogP contribution >= 0.6 is 0 Å². The van der Waals surface area contributed by atoms with E-state index in [1.807, 2.05) is 0 Å². The maximum absolute atomic E-state index is 13.8. The molecule has 0 aliphatic heterocycles. The van der Waals surface area contributed by atoms with Crippen molar-refractivity contribution >= 4 is 0 Å². The third-order valence-electron chi connectivity index (χ3n) is 2.96. The molecule has 1 rings (SSSR count). The van der Waals surface area contributed by atoms with Gasteiger partial charge in [0.25, 0.3) is 0 Å². The third kappa shape index (κ3) is 6.18. The normalized spacial score (nSPS) is 11.8. The van der Waals surface area contributed by atoms with E-state index >= 15 is 0 Å². The predicted octanol–water partition coefficient (Wildman–Crippen LogP) is 3.51. The van der Waals surface area contributed by atoms with Gasteiger partial charge >= 0.3 is 0 Å². The fraction of sp³-hybridized carbons (Fsp3) is 0.529. The van der Waals surface area contributed by atoms with Gasteiger partial charge in [0.15, 0.2) is 0 Å². The van der Waals surface area contributed by atoms with Crippen molar-refractivity contribution in [3.8, 4) is 11.8 Å². The highest BCUT2D eigenvalue weighted by Gasteiger charge is 2.05. The molecule has 0 saturated carbocycles. The van der Waals surface area contributed by atoms with Crippen LogP contribution in [0.4, 0.5) is 4.39 Å². The molecule has 2 nitrogen and oxygen atoms in total. The van der Waals surface area contributed by atoms with Crippen LogP contribution in [0.5, 0.6) is 0 Å². The smallest absolute Gasteiger partial charge is 0.129 e. The number of halogens is 1. The molecule has 0 amide bonds. The zero-order valence-corrected chi connectivity index (χ0v) is 12.3. The van der Waals surface area contributed by atoms with Crippen molar-refractivity contribution in [2.75, 3.05) is 13.2 Å². The Hall–Kier alpha value is -1.37. The highest BCUT2D eigenvalue weighted by molar-refractivity contribution is 5.36. The van der Waals surface area contributed by atoms with Crippen LogP contribution in [0.3, 0.4) is 0 Å². The van der Waals surface area contributed by atoms with Crippen molar-refractivity contribution < 1.29 is 14.2 Å². The molecule has 110 valence electrons. The van der Waals surface area contributed by atoms with Gasteiger partial charge in [-0.2, -0.15) is 0 Å². The monoisotopic (exact) mass is 278 g/mol. The first-order valence-corrected chi connectivity index (χ1v) is 7.13. The van der Waals surface area contributed by atoms with Crippen LogP contribution in [-0.4, -0.2) is 18.3 Å². The molecule has 0 aliphatic rings. The molecule has 0 radical (unpaired) electrons. The highest BCUT2D eigenvalue weighted by Crippen LogP contribution is 2.13. The van der Waals surface area contributed by atoms with E-state index in [-0.39, 0.29) is 12.4 Å². The van der Waals surface area contributed by atoms with Crippen molar-refractivity contribution in [2.24, 2.45) is 5.92 Å². The van der Waals surface area contributed by atoms with Crippen molar-refractivity contribution in [3.63, 3.8) is 0 Å². The second-order valence-corrected chi connectivity index (χ2v) is 4.99. The average Bonchev–Trinajstić information content (AvgIpc) is 2.42. The van der Waals surface area contributed by atoms with Gasteiger partial charge in [-0.05, 0) is 24.5 Å². The molecule has 0 heterocycles. The minimum atomic E-state index is -0.288. The van der Waals surface area contributed by atoms with Gasteiger partial charge in [-0.1, -0.05) is 38.2 Å². The topological polar surface area (TPSA) is 29.5 Å². The lowest BCUT2D eigenvalue weighted by atomic mass is 10.1. The Balaban J connectivity index is 2.50. The summed E-state index contributed by atoms with van der Waals surface area (Å²) in [6.07, 6.45) is 2.67. The Bertz CT molecular complexity index is 460. The Morgan fingerprint density at radius 1 is 1.40 bits per heavy atom. The van der Waals surface area contributed by atoms with Gasteiger partial charge in [-0.25, -0.2) is 4.39 Å². The van der Waals surface area contributed by atoms with E-state index in [2.05, 4.69) is 25.7 Å². The maximum atomic E-state index is 13.8. The molecule has 0 aliphatic carbocycles.